The zero-order chi connectivity index (χ0) is 42.9. The second kappa shape index (κ2) is 13.6. The molecular weight excluding hydrogens is 767 g/mol. The van der Waals surface area contributed by atoms with E-state index in [1.165, 1.54) is 115 Å². The van der Waals surface area contributed by atoms with Crippen molar-refractivity contribution in [2.45, 2.75) is 78.6 Å². The Labute approximate surface area is 371 Å². The van der Waals surface area contributed by atoms with E-state index >= 15 is 0 Å². The molecule has 1 heterocycles. The molecule has 0 bridgehead atoms. The predicted octanol–water partition coefficient (Wildman–Crippen LogP) is 17.4. The van der Waals surface area contributed by atoms with E-state index in [-0.39, 0.29) is 16.2 Å². The van der Waals surface area contributed by atoms with Crippen LogP contribution >= 0.6 is 11.3 Å². The molecule has 0 radical (unpaired) electrons. The van der Waals surface area contributed by atoms with Crippen LogP contribution in [0.3, 0.4) is 0 Å². The summed E-state index contributed by atoms with van der Waals surface area (Å²) in [7, 11) is 0. The quantitative estimate of drug-likeness (QED) is 0.167. The lowest BCUT2D eigenvalue weighted by Crippen LogP contribution is -2.27. The molecule has 0 N–H and O–H groups in total. The predicted molar refractivity (Wildman–Crippen MR) is 268 cm³/mol. The Kier molecular flexibility index (Phi) is 8.51. The number of aryl methyl sites for hydroxylation is 2. The monoisotopic (exact) mass is 819 g/mol. The normalized spacial score (nSPS) is 14.5. The maximum atomic E-state index is 2.64. The van der Waals surface area contributed by atoms with E-state index in [4.69, 9.17) is 0 Å². The van der Waals surface area contributed by atoms with Crippen LogP contribution in [0.5, 0.6) is 0 Å². The second-order valence-corrected chi connectivity index (χ2v) is 20.8. The molecule has 0 fully saturated rings. The van der Waals surface area contributed by atoms with Gasteiger partial charge in [0.25, 0.3) is 0 Å². The minimum absolute atomic E-state index is 0.125. The summed E-state index contributed by atoms with van der Waals surface area (Å²) in [6, 6.07) is 59.5. The van der Waals surface area contributed by atoms with Gasteiger partial charge in [0, 0.05) is 42.4 Å². The number of anilines is 3. The van der Waals surface area contributed by atoms with Gasteiger partial charge in [-0.15, -0.1) is 11.3 Å². The van der Waals surface area contributed by atoms with Gasteiger partial charge in [0.2, 0.25) is 0 Å². The third kappa shape index (κ3) is 5.52. The molecule has 1 nitrogen and oxygen atoms in total. The van der Waals surface area contributed by atoms with Gasteiger partial charge in [0.05, 0.1) is 5.69 Å². The van der Waals surface area contributed by atoms with Crippen molar-refractivity contribution in [1.29, 1.82) is 0 Å². The van der Waals surface area contributed by atoms with E-state index in [9.17, 15) is 0 Å². The van der Waals surface area contributed by atoms with E-state index in [0.29, 0.717) is 0 Å². The Hall–Kier alpha value is -6.22. The van der Waals surface area contributed by atoms with Gasteiger partial charge in [0.15, 0.2) is 0 Å². The molecule has 0 atom stereocenters. The van der Waals surface area contributed by atoms with Crippen molar-refractivity contribution in [2.75, 3.05) is 4.90 Å². The lowest BCUT2D eigenvalue weighted by atomic mass is 9.70. The molecule has 9 aromatic rings. The first kappa shape index (κ1) is 38.7. The number of hydrogen-bond acceptors (Lipinski definition) is 2. The van der Waals surface area contributed by atoms with Crippen molar-refractivity contribution in [3.8, 4) is 44.5 Å². The van der Waals surface area contributed by atoms with E-state index in [0.717, 1.165) is 5.69 Å². The van der Waals surface area contributed by atoms with Crippen molar-refractivity contribution in [3.63, 3.8) is 0 Å². The second-order valence-electron chi connectivity index (χ2n) is 19.8. The topological polar surface area (TPSA) is 3.24 Å². The number of hydrogen-bond donors (Lipinski definition) is 0. The average Bonchev–Trinajstić information content (AvgIpc) is 3.84. The van der Waals surface area contributed by atoms with E-state index in [1.807, 2.05) is 11.3 Å². The zero-order valence-electron chi connectivity index (χ0n) is 37.4. The molecule has 0 unspecified atom stereocenters. The fourth-order valence-electron chi connectivity index (χ4n) is 11.4. The number of nitrogens with zero attached hydrogens (tertiary/aromatic N) is 1. The molecule has 0 spiro atoms. The highest BCUT2D eigenvalue weighted by molar-refractivity contribution is 7.26. The fourth-order valence-corrected chi connectivity index (χ4v) is 12.6. The highest BCUT2D eigenvalue weighted by Gasteiger charge is 2.50. The number of fused-ring (bicyclic) bond motifs is 9. The van der Waals surface area contributed by atoms with Crippen molar-refractivity contribution in [3.05, 3.63) is 197 Å². The first-order valence-electron chi connectivity index (χ1n) is 22.2. The van der Waals surface area contributed by atoms with Crippen LogP contribution in [0.1, 0.15) is 87.4 Å². The SMILES string of the molecule is Cc1ccccc1-c1ccc(N(c2ccc(-c3cccc4c3sc3ccccc34)cc2)c2c3c(c(C(C)(C)C)c4c2C(C)(C)c2ccccc2-4)-c2ccccc2C3(C)C)cc1C. The summed E-state index contributed by atoms with van der Waals surface area (Å²) in [5, 5.41) is 2.65. The first-order valence-corrected chi connectivity index (χ1v) is 23.0. The Morgan fingerprint density at radius 2 is 0.984 bits per heavy atom. The largest absolute Gasteiger partial charge is 0.310 e. The Balaban J connectivity index is 1.23. The van der Waals surface area contributed by atoms with Gasteiger partial charge in [-0.05, 0) is 133 Å². The van der Waals surface area contributed by atoms with Crippen LogP contribution in [0.25, 0.3) is 64.7 Å². The minimum Gasteiger partial charge on any atom is -0.310 e. The summed E-state index contributed by atoms with van der Waals surface area (Å²) < 4.78 is 2.67. The summed E-state index contributed by atoms with van der Waals surface area (Å²) in [5.41, 5.74) is 23.2. The van der Waals surface area contributed by atoms with Crippen LogP contribution in [-0.4, -0.2) is 0 Å². The molecule has 2 aliphatic carbocycles. The molecule has 62 heavy (non-hydrogen) atoms. The third-order valence-corrected chi connectivity index (χ3v) is 15.4. The zero-order valence-corrected chi connectivity index (χ0v) is 38.2. The van der Waals surface area contributed by atoms with E-state index in [1.54, 1.807) is 0 Å². The summed E-state index contributed by atoms with van der Waals surface area (Å²) >= 11 is 1.90. The number of thiophene rings is 1. The van der Waals surface area contributed by atoms with Crippen LogP contribution in [0.2, 0.25) is 0 Å². The maximum absolute atomic E-state index is 2.64. The summed E-state index contributed by atoms with van der Waals surface area (Å²) in [6.07, 6.45) is 0. The smallest absolute Gasteiger partial charge is 0.0556 e. The van der Waals surface area contributed by atoms with Crippen LogP contribution in [-0.2, 0) is 16.2 Å². The van der Waals surface area contributed by atoms with Crippen molar-refractivity contribution < 1.29 is 0 Å². The molecule has 304 valence electrons. The van der Waals surface area contributed by atoms with E-state index in [2.05, 4.69) is 225 Å². The average molecular weight is 820 g/mol. The molecule has 1 aromatic heterocycles. The maximum Gasteiger partial charge on any atom is 0.0556 e. The molecule has 8 aromatic carbocycles. The molecule has 0 saturated heterocycles. The van der Waals surface area contributed by atoms with Crippen LogP contribution in [0.15, 0.2) is 158 Å². The van der Waals surface area contributed by atoms with Gasteiger partial charge < -0.3 is 4.90 Å². The van der Waals surface area contributed by atoms with Gasteiger partial charge in [0.1, 0.15) is 0 Å². The van der Waals surface area contributed by atoms with Crippen LogP contribution < -0.4 is 4.90 Å². The van der Waals surface area contributed by atoms with Gasteiger partial charge in [-0.2, -0.15) is 0 Å². The lowest BCUT2D eigenvalue weighted by molar-refractivity contribution is 0.587. The molecule has 2 aliphatic rings. The minimum atomic E-state index is -0.272. The van der Waals surface area contributed by atoms with Crippen LogP contribution in [0.4, 0.5) is 17.1 Å². The fraction of sp³-hybridized carbons (Fsp3) is 0.200. The van der Waals surface area contributed by atoms with Gasteiger partial charge in [-0.25, -0.2) is 0 Å². The molecule has 0 aliphatic heterocycles. The van der Waals surface area contributed by atoms with Crippen molar-refractivity contribution in [1.82, 2.24) is 0 Å². The van der Waals surface area contributed by atoms with Gasteiger partial charge in [-0.3, -0.25) is 0 Å². The molecule has 2 heteroatoms. The highest BCUT2D eigenvalue weighted by Crippen LogP contribution is 2.65. The Morgan fingerprint density at radius 3 is 1.60 bits per heavy atom. The Morgan fingerprint density at radius 1 is 0.468 bits per heavy atom. The van der Waals surface area contributed by atoms with Crippen molar-refractivity contribution >= 4 is 48.6 Å². The summed E-state index contributed by atoms with van der Waals surface area (Å²) in [4.78, 5) is 2.64. The molecule has 11 rings (SSSR count). The van der Waals surface area contributed by atoms with Crippen molar-refractivity contribution in [2.24, 2.45) is 0 Å². The first-order chi connectivity index (χ1) is 29.8. The lowest BCUT2D eigenvalue weighted by Gasteiger charge is -2.39. The van der Waals surface area contributed by atoms with Crippen LogP contribution in [0, 0.1) is 13.8 Å². The third-order valence-electron chi connectivity index (χ3n) is 14.2. The highest BCUT2D eigenvalue weighted by atomic mass is 32.1. The summed E-state index contributed by atoms with van der Waals surface area (Å²) in [5.74, 6) is 0. The number of benzene rings is 8. The summed E-state index contributed by atoms with van der Waals surface area (Å²) in [6.45, 7) is 21.6. The van der Waals surface area contributed by atoms with E-state index < -0.39 is 0 Å². The van der Waals surface area contributed by atoms with Gasteiger partial charge >= 0.3 is 0 Å². The van der Waals surface area contributed by atoms with Gasteiger partial charge in [-0.1, -0.05) is 176 Å². The molecule has 0 saturated carbocycles. The molecule has 0 amide bonds. The number of rotatable bonds is 5. The molecular formula is C60H53NS. The standard InChI is InChI=1S/C60H53NS/c1-36-19-10-11-20-41(36)42-34-33-40(35-37(42)2)61(39-31-29-38(30-32-39)43-24-18-25-45-44-21-14-17-28-50(44)62-57(43)45)56-54-51(46-22-12-15-26-48(46)59(54,6)7)53(58(3,4)5)52-47-23-13-16-27-49(47)60(8,9)55(52)56/h10-35H,1-9H3. The Bertz CT molecular complexity index is 3210.